The van der Waals surface area contributed by atoms with Crippen molar-refractivity contribution in [1.29, 1.82) is 0 Å². The molecule has 1 atom stereocenters. The van der Waals surface area contributed by atoms with E-state index in [1.165, 1.54) is 26.2 Å². The zero-order valence-electron chi connectivity index (χ0n) is 24.6. The number of carbonyl (C=O) groups is 4. The van der Waals surface area contributed by atoms with Gasteiger partial charge in [0.2, 0.25) is 3.79 Å². The highest BCUT2D eigenvalue weighted by Crippen LogP contribution is 2.36. The number of hydrogen-bond acceptors (Lipinski definition) is 9. The second-order valence-electron chi connectivity index (χ2n) is 10.7. The number of ether oxygens (including phenoxy) is 5. The van der Waals surface area contributed by atoms with Crippen LogP contribution in [0.3, 0.4) is 0 Å². The predicted molar refractivity (Wildman–Crippen MR) is 159 cm³/mol. The van der Waals surface area contributed by atoms with Gasteiger partial charge in [0.05, 0.1) is 31.0 Å². The molecular weight excluding hydrogens is 615 g/mol. The van der Waals surface area contributed by atoms with Crippen LogP contribution in [-0.4, -0.2) is 77.7 Å². The smallest absolute Gasteiger partial charge is 0.412 e. The molecule has 2 rings (SSSR count). The van der Waals surface area contributed by atoms with Crippen molar-refractivity contribution in [3.05, 3.63) is 17.7 Å². The molecule has 0 radical (unpaired) electrons. The van der Waals surface area contributed by atoms with E-state index >= 15 is 0 Å². The lowest BCUT2D eigenvalue weighted by molar-refractivity contribution is -0.144. The van der Waals surface area contributed by atoms with Crippen LogP contribution in [0.15, 0.2) is 12.1 Å². The molecule has 1 N–H and O–H groups in total. The number of hydrogen-bond donors (Lipinski definition) is 1. The Kier molecular flexibility index (Phi) is 13.8. The minimum absolute atomic E-state index is 0.0822. The normalized spacial score (nSPS) is 15.1. The summed E-state index contributed by atoms with van der Waals surface area (Å²) >= 11 is 16.7. The minimum atomic E-state index is -1.65. The predicted octanol–water partition coefficient (Wildman–Crippen LogP) is 6.06. The van der Waals surface area contributed by atoms with Gasteiger partial charge in [0.15, 0.2) is 11.5 Å². The quantitative estimate of drug-likeness (QED) is 0.117. The van der Waals surface area contributed by atoms with Crippen LogP contribution < -0.4 is 14.8 Å². The van der Waals surface area contributed by atoms with Crippen molar-refractivity contribution in [2.45, 2.75) is 81.7 Å². The van der Waals surface area contributed by atoms with Gasteiger partial charge in [-0.3, -0.25) is 19.7 Å². The third kappa shape index (κ3) is 12.7. The Labute approximate surface area is 261 Å². The fourth-order valence-corrected chi connectivity index (χ4v) is 4.30. The maximum atomic E-state index is 13.7. The number of nitrogens with zero attached hydrogens (tertiary/aromatic N) is 1. The number of methoxy groups -OCH3 is 1. The second kappa shape index (κ2) is 16.3. The van der Waals surface area contributed by atoms with E-state index in [9.17, 15) is 19.2 Å². The monoisotopic (exact) mass is 652 g/mol. The summed E-state index contributed by atoms with van der Waals surface area (Å²) in [6, 6.07) is 2.73. The molecule has 1 aliphatic heterocycles. The SMILES string of the molecule is COc1cc(C(=O)N2CCCC2COC(C)=O)c(NC(=O)OC(C)(C)C)cc1OCCCCCC(=O)OCC(Cl)(Cl)Cl. The lowest BCUT2D eigenvalue weighted by atomic mass is 10.1. The summed E-state index contributed by atoms with van der Waals surface area (Å²) < 4.78 is 25.2. The molecule has 11 nitrogen and oxygen atoms in total. The maximum Gasteiger partial charge on any atom is 0.412 e. The first-order valence-electron chi connectivity index (χ1n) is 13.6. The molecule has 0 spiro atoms. The number of unbranched alkanes of at least 4 members (excludes halogenated alkanes) is 2. The van der Waals surface area contributed by atoms with Crippen molar-refractivity contribution in [2.75, 3.05) is 38.8 Å². The topological polar surface area (TPSA) is 130 Å². The van der Waals surface area contributed by atoms with Crippen LogP contribution in [0.4, 0.5) is 10.5 Å². The van der Waals surface area contributed by atoms with Crippen LogP contribution in [0.25, 0.3) is 0 Å². The van der Waals surface area contributed by atoms with Crippen molar-refractivity contribution in [3.8, 4) is 11.5 Å². The first-order valence-corrected chi connectivity index (χ1v) is 14.7. The molecular formula is C28H39Cl3N2O9. The lowest BCUT2D eigenvalue weighted by Gasteiger charge is -2.26. The third-order valence-corrected chi connectivity index (χ3v) is 6.29. The molecule has 1 unspecified atom stereocenters. The largest absolute Gasteiger partial charge is 0.493 e. The van der Waals surface area contributed by atoms with Crippen LogP contribution in [0, 0.1) is 0 Å². The molecule has 0 aromatic heterocycles. The number of carbonyl (C=O) groups excluding carboxylic acids is 4. The van der Waals surface area contributed by atoms with Gasteiger partial charge in [-0.25, -0.2) is 4.79 Å². The molecule has 1 saturated heterocycles. The van der Waals surface area contributed by atoms with E-state index in [2.05, 4.69) is 5.32 Å². The summed E-state index contributed by atoms with van der Waals surface area (Å²) in [4.78, 5) is 51.1. The Morgan fingerprint density at radius 3 is 2.36 bits per heavy atom. The van der Waals surface area contributed by atoms with Gasteiger partial charge in [0, 0.05) is 26.0 Å². The van der Waals surface area contributed by atoms with E-state index in [-0.39, 0.29) is 49.4 Å². The van der Waals surface area contributed by atoms with Gasteiger partial charge in [-0.15, -0.1) is 0 Å². The van der Waals surface area contributed by atoms with E-state index in [1.807, 2.05) is 0 Å². The molecule has 1 fully saturated rings. The van der Waals surface area contributed by atoms with Gasteiger partial charge in [0.1, 0.15) is 18.8 Å². The summed E-state index contributed by atoms with van der Waals surface area (Å²) in [6.45, 7) is 7.01. The number of likely N-dealkylation sites (tertiary alicyclic amines) is 1. The van der Waals surface area contributed by atoms with Crippen LogP contribution >= 0.6 is 34.8 Å². The summed E-state index contributed by atoms with van der Waals surface area (Å²) in [7, 11) is 1.44. The van der Waals surface area contributed by atoms with Crippen LogP contribution in [-0.2, 0) is 23.8 Å². The zero-order chi connectivity index (χ0) is 31.5. The van der Waals surface area contributed by atoms with Crippen molar-refractivity contribution in [3.63, 3.8) is 0 Å². The summed E-state index contributed by atoms with van der Waals surface area (Å²) in [5.74, 6) is -0.652. The maximum absolute atomic E-state index is 13.7. The van der Waals surface area contributed by atoms with E-state index in [1.54, 1.807) is 25.7 Å². The first-order chi connectivity index (χ1) is 19.6. The average Bonchev–Trinajstić information content (AvgIpc) is 3.35. The Balaban J connectivity index is 2.14. The number of amides is 2. The van der Waals surface area contributed by atoms with Crippen molar-refractivity contribution >= 4 is 64.4 Å². The third-order valence-electron chi connectivity index (χ3n) is 5.97. The Morgan fingerprint density at radius 2 is 1.74 bits per heavy atom. The van der Waals surface area contributed by atoms with Crippen LogP contribution in [0.1, 0.15) is 76.6 Å². The fraction of sp³-hybridized carbons (Fsp3) is 0.643. The number of rotatable bonds is 13. The van der Waals surface area contributed by atoms with E-state index < -0.39 is 27.4 Å². The van der Waals surface area contributed by atoms with Gasteiger partial charge in [-0.1, -0.05) is 34.8 Å². The second-order valence-corrected chi connectivity index (χ2v) is 13.2. The van der Waals surface area contributed by atoms with Crippen molar-refractivity contribution in [1.82, 2.24) is 4.90 Å². The summed E-state index contributed by atoms with van der Waals surface area (Å²) in [5, 5.41) is 2.66. The molecule has 0 saturated carbocycles. The number of nitrogens with one attached hydrogen (secondary N) is 1. The molecule has 2 amide bonds. The van der Waals surface area contributed by atoms with Gasteiger partial charge in [-0.2, -0.15) is 0 Å². The highest BCUT2D eigenvalue weighted by atomic mass is 35.6. The van der Waals surface area contributed by atoms with Crippen LogP contribution in [0.2, 0.25) is 0 Å². The standard InChI is InChI=1S/C28H39Cl3N2O9/c1-18(34)40-16-19-10-9-12-33(19)25(36)20-14-22(38-5)23(15-21(20)32-26(37)42-27(2,3)4)39-13-8-6-7-11-24(35)41-17-28(29,30)31/h14-15,19H,6-13,16-17H2,1-5H3,(H,32,37). The van der Waals surface area contributed by atoms with Crippen molar-refractivity contribution < 1.29 is 42.9 Å². The van der Waals surface area contributed by atoms with Gasteiger partial charge in [-0.05, 0) is 58.9 Å². The number of benzene rings is 1. The molecule has 1 aromatic carbocycles. The van der Waals surface area contributed by atoms with E-state index in [0.29, 0.717) is 43.7 Å². The minimum Gasteiger partial charge on any atom is -0.493 e. The van der Waals surface area contributed by atoms with Crippen molar-refractivity contribution in [2.24, 2.45) is 0 Å². The average molecular weight is 654 g/mol. The zero-order valence-corrected chi connectivity index (χ0v) is 26.8. The van der Waals surface area contributed by atoms with Crippen LogP contribution in [0.5, 0.6) is 11.5 Å². The Bertz CT molecular complexity index is 1100. The fourth-order valence-electron chi connectivity index (χ4n) is 4.14. The number of halogens is 3. The molecule has 236 valence electrons. The molecule has 42 heavy (non-hydrogen) atoms. The molecule has 1 aromatic rings. The number of alkyl halides is 3. The highest BCUT2D eigenvalue weighted by Gasteiger charge is 2.33. The lowest BCUT2D eigenvalue weighted by Crippen LogP contribution is -2.39. The Hall–Kier alpha value is -2.63. The van der Waals surface area contributed by atoms with Gasteiger partial charge in [0.25, 0.3) is 5.91 Å². The number of esters is 2. The molecule has 0 aliphatic carbocycles. The van der Waals surface area contributed by atoms with E-state index in [0.717, 1.165) is 6.42 Å². The molecule has 0 bridgehead atoms. The van der Waals surface area contributed by atoms with E-state index in [4.69, 9.17) is 58.5 Å². The first kappa shape index (κ1) is 35.6. The highest BCUT2D eigenvalue weighted by molar-refractivity contribution is 6.67. The van der Waals surface area contributed by atoms with Gasteiger partial charge >= 0.3 is 18.0 Å². The molecule has 1 heterocycles. The molecule has 14 heteroatoms. The summed E-state index contributed by atoms with van der Waals surface area (Å²) in [5.41, 5.74) is -0.412. The molecule has 1 aliphatic rings. The Morgan fingerprint density at radius 1 is 1.02 bits per heavy atom. The summed E-state index contributed by atoms with van der Waals surface area (Å²) in [6.07, 6.45) is 2.65. The van der Waals surface area contributed by atoms with Gasteiger partial charge < -0.3 is 28.6 Å². The number of anilines is 1.